The van der Waals surface area contributed by atoms with E-state index in [4.69, 9.17) is 5.73 Å². The lowest BCUT2D eigenvalue weighted by atomic mass is 9.91. The quantitative estimate of drug-likeness (QED) is 0.311. The molecule has 8 nitrogen and oxygen atoms in total. The summed E-state index contributed by atoms with van der Waals surface area (Å²) < 4.78 is 0. The van der Waals surface area contributed by atoms with Crippen LogP contribution in [0.1, 0.15) is 59.8 Å². The van der Waals surface area contributed by atoms with Gasteiger partial charge in [-0.15, -0.1) is 0 Å². The fraction of sp³-hybridized carbons (Fsp3) is 0.850. The molecule has 1 fully saturated rings. The Labute approximate surface area is 174 Å². The van der Waals surface area contributed by atoms with Crippen LogP contribution in [0.15, 0.2) is 0 Å². The van der Waals surface area contributed by atoms with E-state index >= 15 is 0 Å². The van der Waals surface area contributed by atoms with Gasteiger partial charge < -0.3 is 16.4 Å². The normalized spacial score (nSPS) is 17.8. The van der Waals surface area contributed by atoms with Crippen molar-refractivity contribution < 1.29 is 24.2 Å². The van der Waals surface area contributed by atoms with Gasteiger partial charge in [-0.1, -0.05) is 47.0 Å². The smallest absolute Gasteiger partial charge is 0.275 e. The molecule has 0 aromatic rings. The molecule has 0 radical (unpaired) electrons. The van der Waals surface area contributed by atoms with E-state index in [-0.39, 0.29) is 36.6 Å². The number of ketones is 1. The van der Waals surface area contributed by atoms with Crippen molar-refractivity contribution in [2.24, 2.45) is 23.5 Å². The van der Waals surface area contributed by atoms with E-state index in [0.29, 0.717) is 0 Å². The molecule has 0 heterocycles. The van der Waals surface area contributed by atoms with Crippen molar-refractivity contribution in [3.05, 3.63) is 0 Å². The number of carbonyl (C=O) groups excluding carboxylic acids is 3. The van der Waals surface area contributed by atoms with Gasteiger partial charge in [-0.2, -0.15) is 0 Å². The fourth-order valence-corrected chi connectivity index (χ4v) is 5.57. The topological polar surface area (TPSA) is 142 Å². The van der Waals surface area contributed by atoms with Crippen LogP contribution in [0, 0.1) is 17.8 Å². The molecule has 0 aliphatic heterocycles. The molecule has 0 bridgehead atoms. The Morgan fingerprint density at radius 1 is 1.00 bits per heavy atom. The zero-order valence-electron chi connectivity index (χ0n) is 18.2. The molecule has 2 amide bonds. The highest BCUT2D eigenvalue weighted by Gasteiger charge is 2.39. The van der Waals surface area contributed by atoms with Gasteiger partial charge in [0, 0.05) is 0 Å². The molecular weight excluding hydrogens is 393 g/mol. The van der Waals surface area contributed by atoms with E-state index in [1.165, 1.54) is 6.42 Å². The van der Waals surface area contributed by atoms with Crippen molar-refractivity contribution in [3.63, 3.8) is 0 Å². The zero-order chi connectivity index (χ0) is 22.2. The Morgan fingerprint density at radius 3 is 2.10 bits per heavy atom. The molecule has 0 unspecified atom stereocenters. The van der Waals surface area contributed by atoms with Gasteiger partial charge in [0.2, 0.25) is 11.8 Å². The third kappa shape index (κ3) is 9.51. The van der Waals surface area contributed by atoms with Crippen LogP contribution in [0.2, 0.25) is 0 Å². The van der Waals surface area contributed by atoms with E-state index in [1.807, 2.05) is 13.8 Å². The van der Waals surface area contributed by atoms with Crippen molar-refractivity contribution in [1.82, 2.24) is 10.6 Å². The van der Waals surface area contributed by atoms with E-state index in [2.05, 4.69) is 10.6 Å². The zero-order valence-corrected chi connectivity index (χ0v) is 19.1. The lowest BCUT2D eigenvalue weighted by Crippen LogP contribution is -2.55. The minimum Gasteiger partial charge on any atom is -0.347 e. The first-order chi connectivity index (χ1) is 13.4. The number of hydrogen-bond acceptors (Lipinski definition) is 6. The maximum absolute atomic E-state index is 12.5. The minimum atomic E-state index is -3.30. The first kappa shape index (κ1) is 26.0. The van der Waals surface area contributed by atoms with Crippen LogP contribution in [-0.2, 0) is 14.4 Å². The van der Waals surface area contributed by atoms with Gasteiger partial charge >= 0.3 is 0 Å². The second-order valence-electron chi connectivity index (χ2n) is 8.98. The predicted molar refractivity (Wildman–Crippen MR) is 115 cm³/mol. The number of nitrogens with two attached hydrogens (primary N) is 1. The Balaban J connectivity index is 2.52. The summed E-state index contributed by atoms with van der Waals surface area (Å²) in [6, 6.07) is -1.54. The third-order valence-corrected chi connectivity index (χ3v) is 7.39. The van der Waals surface area contributed by atoms with Gasteiger partial charge in [0.25, 0.3) is 7.72 Å². The fourth-order valence-electron chi connectivity index (χ4n) is 3.57. The molecule has 0 spiro atoms. The summed E-state index contributed by atoms with van der Waals surface area (Å²) >= 11 is 0. The van der Waals surface area contributed by atoms with Gasteiger partial charge in [0.15, 0.2) is 11.9 Å². The van der Waals surface area contributed by atoms with Crippen molar-refractivity contribution in [1.29, 1.82) is 0 Å². The lowest BCUT2D eigenvalue weighted by Gasteiger charge is -2.25. The van der Waals surface area contributed by atoms with Crippen LogP contribution in [-0.4, -0.2) is 58.3 Å². The number of hydrogen-bond donors (Lipinski definition) is 5. The standard InChI is InChI=1S/C20H38N3O5P/c1-13(2)17(21)19(25)23-18(14(3)4)20(26)22-10-16(24)12-29(27,28)11-15-8-6-5-7-9-15/h13-15,17-18,27-28H,5-12,21H2,1-4H3,(H-,22,23,25,26)/p+1/t17-,18+/m1/s1. The second-order valence-corrected chi connectivity index (χ2v) is 11.4. The monoisotopic (exact) mass is 432 g/mol. The molecule has 0 aromatic heterocycles. The molecule has 29 heavy (non-hydrogen) atoms. The summed E-state index contributed by atoms with van der Waals surface area (Å²) in [7, 11) is -3.30. The van der Waals surface area contributed by atoms with Crippen molar-refractivity contribution in [2.75, 3.05) is 18.9 Å². The Bertz CT molecular complexity index is 562. The van der Waals surface area contributed by atoms with Gasteiger partial charge in [-0.3, -0.25) is 14.4 Å². The molecule has 1 saturated carbocycles. The predicted octanol–water partition coefficient (Wildman–Crippen LogP) is 1.21. The van der Waals surface area contributed by atoms with Crippen molar-refractivity contribution in [2.45, 2.75) is 71.9 Å². The number of amides is 2. The molecular formula is C20H39N3O5P+. The van der Waals surface area contributed by atoms with Crippen LogP contribution in [0.5, 0.6) is 0 Å². The number of carbonyl (C=O) groups is 3. The van der Waals surface area contributed by atoms with Crippen molar-refractivity contribution in [3.8, 4) is 0 Å². The Hall–Kier alpha value is -1.08. The van der Waals surface area contributed by atoms with E-state index in [1.54, 1.807) is 13.8 Å². The van der Waals surface area contributed by atoms with Crippen LogP contribution >= 0.6 is 7.72 Å². The molecule has 2 atom stereocenters. The highest BCUT2D eigenvalue weighted by Crippen LogP contribution is 2.52. The Kier molecular flexibility index (Phi) is 10.7. The highest BCUT2D eigenvalue weighted by atomic mass is 31.2. The first-order valence-corrected chi connectivity index (χ1v) is 12.7. The van der Waals surface area contributed by atoms with Gasteiger partial charge in [0.05, 0.1) is 12.6 Å². The third-order valence-electron chi connectivity index (χ3n) is 5.43. The molecule has 1 aliphatic rings. The summed E-state index contributed by atoms with van der Waals surface area (Å²) in [4.78, 5) is 57.4. The SMILES string of the molecule is CC(C)[C@H](NC(=O)[C@H](N)C(C)C)C(=O)NCC(=O)C[P+](O)(O)CC1CCCCC1. The summed E-state index contributed by atoms with van der Waals surface area (Å²) in [5.74, 6) is -1.31. The summed E-state index contributed by atoms with van der Waals surface area (Å²) in [5.41, 5.74) is 5.83. The van der Waals surface area contributed by atoms with Crippen LogP contribution in [0.25, 0.3) is 0 Å². The lowest BCUT2D eigenvalue weighted by molar-refractivity contribution is -0.131. The van der Waals surface area contributed by atoms with E-state index < -0.39 is 37.4 Å². The molecule has 0 saturated heterocycles. The molecule has 1 rings (SSSR count). The summed E-state index contributed by atoms with van der Waals surface area (Å²) in [5, 5.41) is 5.16. The number of rotatable bonds is 11. The van der Waals surface area contributed by atoms with Gasteiger partial charge in [-0.25, -0.2) is 9.79 Å². The average molecular weight is 433 g/mol. The average Bonchev–Trinajstić information content (AvgIpc) is 2.62. The van der Waals surface area contributed by atoms with Crippen LogP contribution in [0.4, 0.5) is 0 Å². The summed E-state index contributed by atoms with van der Waals surface area (Å²) in [6.45, 7) is 6.92. The maximum atomic E-state index is 12.5. The maximum Gasteiger partial charge on any atom is 0.275 e. The number of Topliss-reactive ketones (excluding diaryl/α,β-unsaturated/α-hetero) is 1. The molecule has 6 N–H and O–H groups in total. The van der Waals surface area contributed by atoms with E-state index in [9.17, 15) is 24.2 Å². The summed E-state index contributed by atoms with van der Waals surface area (Å²) in [6.07, 6.45) is 5.28. The Morgan fingerprint density at radius 2 is 1.59 bits per heavy atom. The second kappa shape index (κ2) is 11.9. The van der Waals surface area contributed by atoms with E-state index in [0.717, 1.165) is 25.7 Å². The molecule has 168 valence electrons. The van der Waals surface area contributed by atoms with Crippen LogP contribution < -0.4 is 16.4 Å². The van der Waals surface area contributed by atoms with Crippen LogP contribution in [0.3, 0.4) is 0 Å². The van der Waals surface area contributed by atoms with Gasteiger partial charge in [0.1, 0.15) is 12.2 Å². The highest BCUT2D eigenvalue weighted by molar-refractivity contribution is 7.65. The molecule has 9 heteroatoms. The molecule has 1 aliphatic carbocycles. The minimum absolute atomic E-state index is 0.0668. The first-order valence-electron chi connectivity index (χ1n) is 10.6. The number of nitrogens with one attached hydrogen (secondary N) is 2. The largest absolute Gasteiger partial charge is 0.347 e. The molecule has 0 aromatic carbocycles. The van der Waals surface area contributed by atoms with Crippen molar-refractivity contribution >= 4 is 25.3 Å². The van der Waals surface area contributed by atoms with Gasteiger partial charge in [-0.05, 0) is 30.6 Å².